The van der Waals surface area contributed by atoms with Gasteiger partial charge in [0.2, 0.25) is 0 Å². The van der Waals surface area contributed by atoms with Crippen molar-refractivity contribution in [2.24, 2.45) is 0 Å². The molecule has 0 saturated heterocycles. The molecule has 0 radical (unpaired) electrons. The second-order valence-corrected chi connectivity index (χ2v) is 8.35. The summed E-state index contributed by atoms with van der Waals surface area (Å²) >= 11 is 0. The lowest BCUT2D eigenvalue weighted by Gasteiger charge is -2.23. The molecule has 0 aliphatic rings. The molecule has 0 heterocycles. The summed E-state index contributed by atoms with van der Waals surface area (Å²) in [6, 6.07) is 42.2. The monoisotopic (exact) mass is 536 g/mol. The van der Waals surface area contributed by atoms with Crippen LogP contribution in [0.3, 0.4) is 0 Å². The zero-order chi connectivity index (χ0) is 27.4. The van der Waals surface area contributed by atoms with Crippen LogP contribution in [0.2, 0.25) is 0 Å². The third-order valence-corrected chi connectivity index (χ3v) is 5.49. The smallest absolute Gasteiger partial charge is 0.406 e. The van der Waals surface area contributed by atoms with Crippen molar-refractivity contribution in [2.75, 3.05) is 7.11 Å². The molecule has 0 spiro atoms. The fourth-order valence-electron chi connectivity index (χ4n) is 3.62. The Morgan fingerprint density at radius 3 is 1.07 bits per heavy atom. The molecular formula is C33H28O7. The van der Waals surface area contributed by atoms with Crippen LogP contribution < -0.4 is 33.2 Å². The Morgan fingerprint density at radius 2 is 0.700 bits per heavy atom. The number of benzene rings is 5. The summed E-state index contributed by atoms with van der Waals surface area (Å²) in [7, 11) is 1.54. The molecule has 40 heavy (non-hydrogen) atoms. The quantitative estimate of drug-likeness (QED) is 0.146. The largest absolute Gasteiger partial charge is 0.493 e. The van der Waals surface area contributed by atoms with Crippen LogP contribution >= 0.6 is 0 Å². The third kappa shape index (κ3) is 7.61. The average Bonchev–Trinajstić information content (AvgIpc) is 3.00. The van der Waals surface area contributed by atoms with Crippen molar-refractivity contribution in [1.29, 1.82) is 0 Å². The first kappa shape index (κ1) is 26.3. The number of para-hydroxylation sites is 4. The van der Waals surface area contributed by atoms with Gasteiger partial charge in [0.15, 0.2) is 11.5 Å². The van der Waals surface area contributed by atoms with Crippen LogP contribution in [0, 0.1) is 0 Å². The number of methoxy groups -OCH3 is 1. The molecule has 5 aromatic carbocycles. The summed E-state index contributed by atoms with van der Waals surface area (Å²) in [5.41, 5.74) is 0. The van der Waals surface area contributed by atoms with Crippen LogP contribution in [-0.4, -0.2) is 20.1 Å². The Morgan fingerprint density at radius 1 is 0.350 bits per heavy atom. The number of rotatable bonds is 13. The Labute approximate surface area is 233 Å². The molecule has 0 N–H and O–H groups in total. The standard InChI is InChI=1S/C33H28O7/c1-34-31-24-29(39-32(35-25-14-6-2-7-15-25)36-26-16-8-3-9-17-26)22-23-30(31)40-33(37-27-18-10-4-11-19-27)38-28-20-12-5-13-21-28/h2-24,32-33H,1H3. The average molecular weight is 537 g/mol. The minimum atomic E-state index is -1.10. The van der Waals surface area contributed by atoms with Crippen LogP contribution in [0.4, 0.5) is 0 Å². The molecule has 0 aromatic heterocycles. The normalized spacial score (nSPS) is 10.6. The Bertz CT molecular complexity index is 1350. The van der Waals surface area contributed by atoms with Crippen LogP contribution in [0.1, 0.15) is 0 Å². The van der Waals surface area contributed by atoms with E-state index in [-0.39, 0.29) is 0 Å². The van der Waals surface area contributed by atoms with Gasteiger partial charge in [-0.15, -0.1) is 0 Å². The van der Waals surface area contributed by atoms with Gasteiger partial charge in [0.1, 0.15) is 28.7 Å². The fourth-order valence-corrected chi connectivity index (χ4v) is 3.62. The van der Waals surface area contributed by atoms with Gasteiger partial charge in [0, 0.05) is 6.07 Å². The van der Waals surface area contributed by atoms with Crippen LogP contribution in [0.5, 0.6) is 40.2 Å². The molecule has 0 aliphatic heterocycles. The summed E-state index contributed by atoms with van der Waals surface area (Å²) in [6.07, 6.45) is 0. The molecule has 0 saturated carbocycles. The van der Waals surface area contributed by atoms with Crippen molar-refractivity contribution >= 4 is 0 Å². The van der Waals surface area contributed by atoms with E-state index >= 15 is 0 Å². The van der Waals surface area contributed by atoms with Gasteiger partial charge >= 0.3 is 13.0 Å². The van der Waals surface area contributed by atoms with Gasteiger partial charge in [0.05, 0.1) is 7.11 Å². The molecule has 0 aliphatic carbocycles. The van der Waals surface area contributed by atoms with Crippen molar-refractivity contribution < 1.29 is 33.2 Å². The van der Waals surface area contributed by atoms with E-state index in [9.17, 15) is 0 Å². The number of ether oxygens (including phenoxy) is 7. The Hall–Kier alpha value is -5.30. The van der Waals surface area contributed by atoms with Crippen LogP contribution in [0.15, 0.2) is 140 Å². The van der Waals surface area contributed by atoms with Crippen molar-refractivity contribution in [1.82, 2.24) is 0 Å². The molecule has 7 heteroatoms. The lowest BCUT2D eigenvalue weighted by Crippen LogP contribution is -2.31. The van der Waals surface area contributed by atoms with Crippen LogP contribution in [0.25, 0.3) is 0 Å². The van der Waals surface area contributed by atoms with Gasteiger partial charge in [-0.05, 0) is 60.7 Å². The fraction of sp³-hybridized carbons (Fsp3) is 0.0909. The Kier molecular flexibility index (Phi) is 8.87. The first-order valence-corrected chi connectivity index (χ1v) is 12.6. The van der Waals surface area contributed by atoms with Crippen molar-refractivity contribution in [3.8, 4) is 40.2 Å². The highest BCUT2D eigenvalue weighted by atomic mass is 16.9. The minimum Gasteiger partial charge on any atom is -0.493 e. The lowest BCUT2D eigenvalue weighted by molar-refractivity contribution is -0.143. The van der Waals surface area contributed by atoms with E-state index < -0.39 is 13.0 Å². The number of hydrogen-bond acceptors (Lipinski definition) is 7. The summed E-state index contributed by atoms with van der Waals surface area (Å²) in [6.45, 7) is -2.17. The maximum absolute atomic E-state index is 6.11. The molecule has 202 valence electrons. The molecule has 0 amide bonds. The van der Waals surface area contributed by atoms with Gasteiger partial charge in [-0.3, -0.25) is 0 Å². The minimum absolute atomic E-state index is 0.385. The molecule has 0 bridgehead atoms. The van der Waals surface area contributed by atoms with Gasteiger partial charge in [0.25, 0.3) is 0 Å². The predicted molar refractivity (Wildman–Crippen MR) is 150 cm³/mol. The topological polar surface area (TPSA) is 64.6 Å². The highest BCUT2D eigenvalue weighted by Gasteiger charge is 2.20. The highest BCUT2D eigenvalue weighted by molar-refractivity contribution is 5.45. The summed E-state index contributed by atoms with van der Waals surface area (Å²) in [5.74, 6) is 3.57. The molecule has 5 aromatic rings. The molecule has 7 nitrogen and oxygen atoms in total. The van der Waals surface area contributed by atoms with E-state index in [1.165, 1.54) is 7.11 Å². The first-order chi connectivity index (χ1) is 19.7. The maximum Gasteiger partial charge on any atom is 0.406 e. The van der Waals surface area contributed by atoms with E-state index in [1.54, 1.807) is 18.2 Å². The van der Waals surface area contributed by atoms with Crippen LogP contribution in [-0.2, 0) is 0 Å². The molecule has 5 rings (SSSR count). The van der Waals surface area contributed by atoms with Crippen molar-refractivity contribution in [3.63, 3.8) is 0 Å². The van der Waals surface area contributed by atoms with E-state index in [0.29, 0.717) is 40.2 Å². The maximum atomic E-state index is 6.11. The van der Waals surface area contributed by atoms with Gasteiger partial charge < -0.3 is 33.2 Å². The molecule has 0 fully saturated rings. The van der Waals surface area contributed by atoms with E-state index in [1.807, 2.05) is 121 Å². The predicted octanol–water partition coefficient (Wildman–Crippen LogP) is 7.34. The molecule has 0 atom stereocenters. The van der Waals surface area contributed by atoms with E-state index in [2.05, 4.69) is 0 Å². The van der Waals surface area contributed by atoms with E-state index in [0.717, 1.165) is 0 Å². The van der Waals surface area contributed by atoms with E-state index in [4.69, 9.17) is 33.2 Å². The zero-order valence-corrected chi connectivity index (χ0v) is 21.8. The van der Waals surface area contributed by atoms with Gasteiger partial charge in [-0.25, -0.2) is 0 Å². The SMILES string of the molecule is COc1cc(OC(Oc2ccccc2)Oc2ccccc2)ccc1OC(Oc1ccccc1)Oc1ccccc1. The Balaban J connectivity index is 1.34. The van der Waals surface area contributed by atoms with Crippen molar-refractivity contribution in [2.45, 2.75) is 13.0 Å². The summed E-state index contributed by atoms with van der Waals surface area (Å²) in [5, 5.41) is 0. The number of hydrogen-bond donors (Lipinski definition) is 0. The zero-order valence-electron chi connectivity index (χ0n) is 21.8. The molecular weight excluding hydrogens is 508 g/mol. The summed E-state index contributed by atoms with van der Waals surface area (Å²) in [4.78, 5) is 0. The highest BCUT2D eigenvalue weighted by Crippen LogP contribution is 2.33. The molecule has 0 unspecified atom stereocenters. The summed E-state index contributed by atoms with van der Waals surface area (Å²) < 4.78 is 41.7. The third-order valence-electron chi connectivity index (χ3n) is 5.49. The second kappa shape index (κ2) is 13.5. The van der Waals surface area contributed by atoms with Crippen molar-refractivity contribution in [3.05, 3.63) is 140 Å². The first-order valence-electron chi connectivity index (χ1n) is 12.6. The second-order valence-electron chi connectivity index (χ2n) is 8.35. The van der Waals surface area contributed by atoms with Gasteiger partial charge in [-0.2, -0.15) is 0 Å². The van der Waals surface area contributed by atoms with Gasteiger partial charge in [-0.1, -0.05) is 72.8 Å². The lowest BCUT2D eigenvalue weighted by atomic mass is 10.3.